The maximum Gasteiger partial charge on any atom is 0.260 e. The third-order valence-corrected chi connectivity index (χ3v) is 6.18. The third-order valence-electron chi connectivity index (χ3n) is 6.18. The highest BCUT2D eigenvalue weighted by Crippen LogP contribution is 2.37. The second-order valence-corrected chi connectivity index (χ2v) is 8.24. The molecule has 4 rings (SSSR count). The first-order valence-electron chi connectivity index (χ1n) is 11.0. The van der Waals surface area contributed by atoms with Gasteiger partial charge in [-0.05, 0) is 55.0 Å². The maximum atomic E-state index is 12.7. The van der Waals surface area contributed by atoms with Crippen LogP contribution < -0.4 is 4.74 Å². The Kier molecular flexibility index (Phi) is 6.07. The molecule has 0 aromatic heterocycles. The molecule has 30 heavy (non-hydrogen) atoms. The van der Waals surface area contributed by atoms with Crippen LogP contribution in [0.2, 0.25) is 0 Å². The Morgan fingerprint density at radius 1 is 1.00 bits per heavy atom. The molecular weight excluding hydrogens is 376 g/mol. The molecule has 2 aliphatic rings. The van der Waals surface area contributed by atoms with Crippen molar-refractivity contribution in [3.8, 4) is 5.75 Å². The maximum absolute atomic E-state index is 12.7. The summed E-state index contributed by atoms with van der Waals surface area (Å²) in [7, 11) is 0. The molecule has 5 heteroatoms. The molecular formula is C25H30N2O3. The van der Waals surface area contributed by atoms with Gasteiger partial charge in [0, 0.05) is 26.1 Å². The van der Waals surface area contributed by atoms with Gasteiger partial charge >= 0.3 is 0 Å². The van der Waals surface area contributed by atoms with Gasteiger partial charge in [-0.15, -0.1) is 0 Å². The fourth-order valence-electron chi connectivity index (χ4n) is 4.47. The van der Waals surface area contributed by atoms with E-state index in [4.69, 9.17) is 4.74 Å². The van der Waals surface area contributed by atoms with Crippen molar-refractivity contribution in [2.45, 2.75) is 45.6 Å². The lowest BCUT2D eigenvalue weighted by Gasteiger charge is -2.38. The Balaban J connectivity index is 1.61. The fraction of sp³-hybridized carbons (Fsp3) is 0.440. The van der Waals surface area contributed by atoms with Crippen LogP contribution in [-0.4, -0.2) is 47.9 Å². The molecule has 0 aliphatic carbocycles. The molecule has 1 fully saturated rings. The fourth-order valence-corrected chi connectivity index (χ4v) is 4.47. The molecule has 158 valence electrons. The van der Waals surface area contributed by atoms with Gasteiger partial charge in [-0.25, -0.2) is 0 Å². The number of ether oxygens (including phenoxy) is 1. The lowest BCUT2D eigenvalue weighted by molar-refractivity contribution is -0.133. The van der Waals surface area contributed by atoms with Gasteiger partial charge in [-0.3, -0.25) is 9.59 Å². The van der Waals surface area contributed by atoms with Gasteiger partial charge in [0.1, 0.15) is 5.75 Å². The van der Waals surface area contributed by atoms with E-state index in [2.05, 4.69) is 37.3 Å². The van der Waals surface area contributed by atoms with E-state index in [1.165, 1.54) is 11.1 Å². The number of rotatable bonds is 5. The predicted molar refractivity (Wildman–Crippen MR) is 116 cm³/mol. The van der Waals surface area contributed by atoms with Crippen molar-refractivity contribution < 1.29 is 14.3 Å². The van der Waals surface area contributed by atoms with E-state index in [1.807, 2.05) is 28.9 Å². The SMILES string of the molecule is CCC(=O)N1CCc2ccc(OCC(=O)N3CCCC3)cc2C1c1ccc(C)cc1. The van der Waals surface area contributed by atoms with Gasteiger partial charge in [0.2, 0.25) is 5.91 Å². The smallest absolute Gasteiger partial charge is 0.260 e. The van der Waals surface area contributed by atoms with Gasteiger partial charge in [0.05, 0.1) is 6.04 Å². The highest BCUT2D eigenvalue weighted by atomic mass is 16.5. The largest absolute Gasteiger partial charge is 0.484 e. The quantitative estimate of drug-likeness (QED) is 0.757. The lowest BCUT2D eigenvalue weighted by atomic mass is 9.87. The first kappa shape index (κ1) is 20.5. The number of aryl methyl sites for hydroxylation is 1. The van der Waals surface area contributed by atoms with Crippen LogP contribution in [0.15, 0.2) is 42.5 Å². The average Bonchev–Trinajstić information content (AvgIpc) is 3.32. The summed E-state index contributed by atoms with van der Waals surface area (Å²) in [5.41, 5.74) is 4.63. The molecule has 1 saturated heterocycles. The number of hydrogen-bond acceptors (Lipinski definition) is 3. The number of benzene rings is 2. The standard InChI is InChI=1S/C25H30N2O3/c1-3-23(28)27-15-12-19-10-11-21(30-17-24(29)26-13-4-5-14-26)16-22(19)25(27)20-8-6-18(2)7-9-20/h6-11,16,25H,3-5,12-15,17H2,1-2H3. The number of hydrogen-bond donors (Lipinski definition) is 0. The molecule has 2 aliphatic heterocycles. The molecule has 0 bridgehead atoms. The van der Waals surface area contributed by atoms with Crippen molar-refractivity contribution >= 4 is 11.8 Å². The van der Waals surface area contributed by atoms with Crippen molar-refractivity contribution in [2.24, 2.45) is 0 Å². The molecule has 5 nitrogen and oxygen atoms in total. The predicted octanol–water partition coefficient (Wildman–Crippen LogP) is 3.88. The minimum absolute atomic E-state index is 0.0445. The molecule has 2 aromatic carbocycles. The minimum atomic E-state index is -0.125. The van der Waals surface area contributed by atoms with Gasteiger partial charge in [0.25, 0.3) is 5.91 Å². The van der Waals surface area contributed by atoms with Gasteiger partial charge in [-0.1, -0.05) is 42.8 Å². The molecule has 1 unspecified atom stereocenters. The van der Waals surface area contributed by atoms with Crippen LogP contribution in [0.3, 0.4) is 0 Å². The van der Waals surface area contributed by atoms with Crippen molar-refractivity contribution in [3.63, 3.8) is 0 Å². The molecule has 2 aromatic rings. The summed E-state index contributed by atoms with van der Waals surface area (Å²) >= 11 is 0. The van der Waals surface area contributed by atoms with Crippen LogP contribution in [0, 0.1) is 6.92 Å². The first-order valence-corrected chi connectivity index (χ1v) is 11.0. The van der Waals surface area contributed by atoms with E-state index >= 15 is 0 Å². The normalized spacial score (nSPS) is 18.3. The van der Waals surface area contributed by atoms with E-state index in [-0.39, 0.29) is 24.5 Å². The molecule has 2 heterocycles. The summed E-state index contributed by atoms with van der Waals surface area (Å²) < 4.78 is 5.88. The van der Waals surface area contributed by atoms with E-state index in [1.54, 1.807) is 0 Å². The van der Waals surface area contributed by atoms with Crippen LogP contribution in [-0.2, 0) is 16.0 Å². The number of carbonyl (C=O) groups is 2. The zero-order valence-electron chi connectivity index (χ0n) is 17.9. The number of fused-ring (bicyclic) bond motifs is 1. The number of nitrogens with zero attached hydrogens (tertiary/aromatic N) is 2. The summed E-state index contributed by atoms with van der Waals surface area (Å²) in [6, 6.07) is 14.3. The van der Waals surface area contributed by atoms with Crippen LogP contribution in [0.1, 0.15) is 54.5 Å². The van der Waals surface area contributed by atoms with E-state index in [9.17, 15) is 9.59 Å². The zero-order chi connectivity index (χ0) is 21.1. The molecule has 1 atom stereocenters. The summed E-state index contributed by atoms with van der Waals surface area (Å²) in [5.74, 6) is 0.883. The average molecular weight is 407 g/mol. The van der Waals surface area contributed by atoms with E-state index in [0.717, 1.165) is 43.5 Å². The third kappa shape index (κ3) is 4.20. The molecule has 0 spiro atoms. The van der Waals surface area contributed by atoms with Crippen molar-refractivity contribution in [2.75, 3.05) is 26.2 Å². The second-order valence-electron chi connectivity index (χ2n) is 8.24. The Labute approximate surface area is 178 Å². The number of likely N-dealkylation sites (tertiary alicyclic amines) is 1. The van der Waals surface area contributed by atoms with Gasteiger partial charge in [0.15, 0.2) is 6.61 Å². The highest BCUT2D eigenvalue weighted by Gasteiger charge is 2.31. The van der Waals surface area contributed by atoms with Crippen LogP contribution in [0.5, 0.6) is 5.75 Å². The Bertz CT molecular complexity index is 916. The van der Waals surface area contributed by atoms with Crippen LogP contribution in [0.25, 0.3) is 0 Å². The summed E-state index contributed by atoms with van der Waals surface area (Å²) in [6.45, 7) is 6.41. The number of carbonyl (C=O) groups excluding carboxylic acids is 2. The Morgan fingerprint density at radius 3 is 2.43 bits per heavy atom. The van der Waals surface area contributed by atoms with Crippen molar-refractivity contribution in [1.29, 1.82) is 0 Å². The highest BCUT2D eigenvalue weighted by molar-refractivity contribution is 5.78. The Morgan fingerprint density at radius 2 is 1.73 bits per heavy atom. The van der Waals surface area contributed by atoms with Crippen LogP contribution >= 0.6 is 0 Å². The van der Waals surface area contributed by atoms with Crippen LogP contribution in [0.4, 0.5) is 0 Å². The zero-order valence-corrected chi connectivity index (χ0v) is 17.9. The van der Waals surface area contributed by atoms with Crippen molar-refractivity contribution in [1.82, 2.24) is 9.80 Å². The molecule has 0 saturated carbocycles. The Hall–Kier alpha value is -2.82. The van der Waals surface area contributed by atoms with E-state index < -0.39 is 0 Å². The summed E-state index contributed by atoms with van der Waals surface area (Å²) in [6.07, 6.45) is 3.46. The topological polar surface area (TPSA) is 49.9 Å². The van der Waals surface area contributed by atoms with E-state index in [0.29, 0.717) is 18.7 Å². The molecule has 2 amide bonds. The van der Waals surface area contributed by atoms with Gasteiger partial charge in [-0.2, -0.15) is 0 Å². The molecule has 0 N–H and O–H groups in total. The first-order chi connectivity index (χ1) is 14.6. The minimum Gasteiger partial charge on any atom is -0.484 e. The monoisotopic (exact) mass is 406 g/mol. The van der Waals surface area contributed by atoms with Crippen molar-refractivity contribution in [3.05, 3.63) is 64.7 Å². The van der Waals surface area contributed by atoms with Gasteiger partial charge < -0.3 is 14.5 Å². The number of amides is 2. The summed E-state index contributed by atoms with van der Waals surface area (Å²) in [5, 5.41) is 0. The molecule has 0 radical (unpaired) electrons. The second kappa shape index (κ2) is 8.90. The lowest BCUT2D eigenvalue weighted by Crippen LogP contribution is -2.40. The summed E-state index contributed by atoms with van der Waals surface area (Å²) in [4.78, 5) is 28.9.